The van der Waals surface area contributed by atoms with Gasteiger partial charge in [0.25, 0.3) is 0 Å². The summed E-state index contributed by atoms with van der Waals surface area (Å²) in [6.45, 7) is 0. The van der Waals surface area contributed by atoms with Crippen molar-refractivity contribution in [2.45, 2.75) is 19.3 Å². The maximum Gasteiger partial charge on any atom is 2.00 e. The van der Waals surface area contributed by atoms with Gasteiger partial charge in [-0.1, -0.05) is 0 Å². The SMILES string of the molecule is O=C([O-])CCCC(=O)[O-].[Ag+].[Zn+2]. The summed E-state index contributed by atoms with van der Waals surface area (Å²) in [6.07, 6.45) is -0.341. The van der Waals surface area contributed by atoms with Crippen molar-refractivity contribution in [1.82, 2.24) is 0 Å². The molecule has 0 aliphatic carbocycles. The molecule has 0 aliphatic heterocycles. The second-order valence-corrected chi connectivity index (χ2v) is 1.60. The molecule has 0 spiro atoms. The average molecular weight is 303 g/mol. The van der Waals surface area contributed by atoms with Crippen molar-refractivity contribution in [3.63, 3.8) is 0 Å². The zero-order chi connectivity index (χ0) is 7.28. The second kappa shape index (κ2) is 10.3. The molecule has 0 N–H and O–H groups in total. The number of rotatable bonds is 4. The number of carboxylic acid groups (broad SMARTS) is 2. The number of hydrogen-bond acceptors (Lipinski definition) is 4. The summed E-state index contributed by atoms with van der Waals surface area (Å²) in [5.41, 5.74) is 0. The molecule has 0 bridgehead atoms. The minimum Gasteiger partial charge on any atom is -0.550 e. The first-order chi connectivity index (χ1) is 4.13. The Balaban J connectivity index is -0.000000320. The van der Waals surface area contributed by atoms with E-state index in [9.17, 15) is 19.8 Å². The number of aliphatic carboxylic acids is 2. The molecule has 0 unspecified atom stereocenters. The molecular weight excluding hydrogens is 297 g/mol. The van der Waals surface area contributed by atoms with E-state index >= 15 is 0 Å². The number of carboxylic acids is 2. The van der Waals surface area contributed by atoms with Crippen LogP contribution in [0.3, 0.4) is 0 Å². The fourth-order valence-corrected chi connectivity index (χ4v) is 0.377. The summed E-state index contributed by atoms with van der Waals surface area (Å²) in [5, 5.41) is 19.3. The molecule has 0 amide bonds. The van der Waals surface area contributed by atoms with Gasteiger partial charge < -0.3 is 19.8 Å². The van der Waals surface area contributed by atoms with Gasteiger partial charge >= 0.3 is 41.9 Å². The Labute approximate surface area is 92.6 Å². The standard InChI is InChI=1S/C5H8O4.Ag.Zn/c6-4(7)2-1-3-5(8)9;;/h1-3H2,(H,6,7)(H,8,9);;/q;+1;+2/p-2. The third-order valence-corrected chi connectivity index (χ3v) is 0.762. The van der Waals surface area contributed by atoms with Gasteiger partial charge in [-0.3, -0.25) is 0 Å². The topological polar surface area (TPSA) is 80.3 Å². The molecule has 0 saturated carbocycles. The maximum atomic E-state index is 9.66. The molecule has 6 heteroatoms. The molecule has 0 fully saturated rings. The quantitative estimate of drug-likeness (QED) is 0.545. The van der Waals surface area contributed by atoms with Crippen LogP contribution < -0.4 is 10.2 Å². The molecule has 0 atom stereocenters. The van der Waals surface area contributed by atoms with Crippen LogP contribution in [0.4, 0.5) is 0 Å². The Bertz CT molecular complexity index is 114. The second-order valence-electron chi connectivity index (χ2n) is 1.60. The molecule has 0 aromatic carbocycles. The van der Waals surface area contributed by atoms with Crippen LogP contribution in [0.25, 0.3) is 0 Å². The third-order valence-electron chi connectivity index (χ3n) is 0.762. The molecule has 0 rings (SSSR count). The van der Waals surface area contributed by atoms with Crippen LogP contribution in [0.2, 0.25) is 0 Å². The first-order valence-corrected chi connectivity index (χ1v) is 2.52. The summed E-state index contributed by atoms with van der Waals surface area (Å²) < 4.78 is 0. The van der Waals surface area contributed by atoms with Gasteiger partial charge in [0.05, 0.1) is 0 Å². The van der Waals surface area contributed by atoms with Gasteiger partial charge in [0.15, 0.2) is 0 Å². The molecule has 62 valence electrons. The predicted octanol–water partition coefficient (Wildman–Crippen LogP) is -2.35. The fourth-order valence-electron chi connectivity index (χ4n) is 0.377. The number of hydrogen-bond donors (Lipinski definition) is 0. The Morgan fingerprint density at radius 2 is 1.27 bits per heavy atom. The van der Waals surface area contributed by atoms with Crippen molar-refractivity contribution in [2.24, 2.45) is 0 Å². The molecular formula is C5H6AgO4Zn+. The predicted molar refractivity (Wildman–Crippen MR) is 23.9 cm³/mol. The van der Waals surface area contributed by atoms with Crippen LogP contribution in [-0.4, -0.2) is 11.9 Å². The van der Waals surface area contributed by atoms with Gasteiger partial charge in [0, 0.05) is 11.9 Å². The number of carbonyl (C=O) groups is 2. The monoisotopic (exact) mass is 301 g/mol. The van der Waals surface area contributed by atoms with Gasteiger partial charge in [-0.15, -0.1) is 0 Å². The van der Waals surface area contributed by atoms with Crippen molar-refractivity contribution in [1.29, 1.82) is 0 Å². The van der Waals surface area contributed by atoms with E-state index in [0.717, 1.165) is 0 Å². The van der Waals surface area contributed by atoms with Crippen LogP contribution in [0.1, 0.15) is 19.3 Å². The Hall–Kier alpha value is 0.304. The Kier molecular flexibility index (Phi) is 16.3. The molecule has 11 heavy (non-hydrogen) atoms. The molecule has 0 aromatic rings. The summed E-state index contributed by atoms with van der Waals surface area (Å²) in [6, 6.07) is 0. The van der Waals surface area contributed by atoms with Crippen molar-refractivity contribution < 1.29 is 61.7 Å². The maximum absolute atomic E-state index is 9.66. The van der Waals surface area contributed by atoms with E-state index in [4.69, 9.17) is 0 Å². The minimum atomic E-state index is -1.23. The van der Waals surface area contributed by atoms with Crippen LogP contribution in [0.5, 0.6) is 0 Å². The zero-order valence-corrected chi connectivity index (χ0v) is 10.2. The molecule has 0 saturated heterocycles. The Morgan fingerprint density at radius 1 is 1.00 bits per heavy atom. The van der Waals surface area contributed by atoms with Gasteiger partial charge in [-0.05, 0) is 19.3 Å². The molecule has 0 aromatic heterocycles. The first-order valence-electron chi connectivity index (χ1n) is 2.52. The van der Waals surface area contributed by atoms with E-state index in [1.165, 1.54) is 0 Å². The van der Waals surface area contributed by atoms with E-state index < -0.39 is 11.9 Å². The summed E-state index contributed by atoms with van der Waals surface area (Å²) in [7, 11) is 0. The zero-order valence-electron chi connectivity index (χ0n) is 5.76. The van der Waals surface area contributed by atoms with E-state index in [1.807, 2.05) is 0 Å². The average Bonchev–Trinajstić information content (AvgIpc) is 1.63. The first kappa shape index (κ1) is 17.4. The van der Waals surface area contributed by atoms with Crippen molar-refractivity contribution >= 4 is 11.9 Å². The van der Waals surface area contributed by atoms with Crippen molar-refractivity contribution in [3.05, 3.63) is 0 Å². The summed E-state index contributed by atoms with van der Waals surface area (Å²) in [5.74, 6) is -2.45. The third kappa shape index (κ3) is 17.9. The van der Waals surface area contributed by atoms with Gasteiger partial charge in [0.2, 0.25) is 0 Å². The molecule has 0 aliphatic rings. The van der Waals surface area contributed by atoms with Gasteiger partial charge in [0.1, 0.15) is 0 Å². The van der Waals surface area contributed by atoms with E-state index in [1.54, 1.807) is 0 Å². The summed E-state index contributed by atoms with van der Waals surface area (Å²) >= 11 is 0. The summed E-state index contributed by atoms with van der Waals surface area (Å²) in [4.78, 5) is 19.3. The van der Waals surface area contributed by atoms with Gasteiger partial charge in [-0.25, -0.2) is 0 Å². The van der Waals surface area contributed by atoms with Crippen molar-refractivity contribution in [3.8, 4) is 0 Å². The van der Waals surface area contributed by atoms with Crippen molar-refractivity contribution in [2.75, 3.05) is 0 Å². The number of carbonyl (C=O) groups excluding carboxylic acids is 2. The van der Waals surface area contributed by atoms with Gasteiger partial charge in [-0.2, -0.15) is 0 Å². The van der Waals surface area contributed by atoms with E-state index in [-0.39, 0.29) is 61.1 Å². The van der Waals surface area contributed by atoms with Crippen LogP contribution in [0.15, 0.2) is 0 Å². The smallest absolute Gasteiger partial charge is 0.550 e. The molecule has 0 heterocycles. The van der Waals surface area contributed by atoms with E-state index in [2.05, 4.69) is 0 Å². The van der Waals surface area contributed by atoms with Crippen LogP contribution in [0, 0.1) is 0 Å². The van der Waals surface area contributed by atoms with Crippen LogP contribution >= 0.6 is 0 Å². The molecule has 0 radical (unpaired) electrons. The normalized spacial score (nSPS) is 7.27. The van der Waals surface area contributed by atoms with E-state index in [0.29, 0.717) is 0 Å². The largest absolute Gasteiger partial charge is 2.00 e. The Morgan fingerprint density at radius 3 is 1.45 bits per heavy atom. The fraction of sp³-hybridized carbons (Fsp3) is 0.600. The van der Waals surface area contributed by atoms with Crippen LogP contribution in [-0.2, 0) is 51.4 Å². The minimum absolute atomic E-state index is 0. The molecule has 4 nitrogen and oxygen atoms in total.